The second kappa shape index (κ2) is 10.5. The zero-order valence-corrected chi connectivity index (χ0v) is 19.8. The summed E-state index contributed by atoms with van der Waals surface area (Å²) in [6.45, 7) is 4.05. The molecule has 3 N–H and O–H groups in total. The van der Waals surface area contributed by atoms with Crippen molar-refractivity contribution in [3.63, 3.8) is 0 Å². The lowest BCUT2D eigenvalue weighted by Crippen LogP contribution is -2.41. The third-order valence-corrected chi connectivity index (χ3v) is 6.03. The van der Waals surface area contributed by atoms with Gasteiger partial charge in [0.05, 0.1) is 0 Å². The van der Waals surface area contributed by atoms with Crippen LogP contribution in [0.5, 0.6) is 0 Å². The highest BCUT2D eigenvalue weighted by Crippen LogP contribution is 2.17. The second-order valence-electron chi connectivity index (χ2n) is 8.50. The monoisotopic (exact) mass is 460 g/mol. The van der Waals surface area contributed by atoms with Gasteiger partial charge in [0.15, 0.2) is 11.2 Å². The van der Waals surface area contributed by atoms with Crippen LogP contribution in [0, 0.1) is 0 Å². The van der Waals surface area contributed by atoms with Gasteiger partial charge in [-0.1, -0.05) is 49.4 Å². The Morgan fingerprint density at radius 3 is 2.29 bits per heavy atom. The summed E-state index contributed by atoms with van der Waals surface area (Å²) in [5.74, 6) is 0.781. The SMILES string of the molecule is CCCn1c(=O)c2c(nc(Cc3ccccc3)n2CCNC)n(CCc2ccc(N)cc2)c1=O. The molecule has 0 radical (unpaired) electrons. The molecule has 8 heteroatoms. The fraction of sp³-hybridized carbons (Fsp3) is 0.346. The first-order valence-corrected chi connectivity index (χ1v) is 11.8. The summed E-state index contributed by atoms with van der Waals surface area (Å²) in [5, 5.41) is 3.16. The molecule has 8 nitrogen and oxygen atoms in total. The molecule has 0 amide bonds. The van der Waals surface area contributed by atoms with E-state index in [-0.39, 0.29) is 11.2 Å². The zero-order valence-electron chi connectivity index (χ0n) is 19.8. The zero-order chi connectivity index (χ0) is 24.1. The highest BCUT2D eigenvalue weighted by Gasteiger charge is 2.21. The average molecular weight is 461 g/mol. The van der Waals surface area contributed by atoms with Crippen LogP contribution in [0.15, 0.2) is 64.2 Å². The number of hydrogen-bond acceptors (Lipinski definition) is 5. The normalized spacial score (nSPS) is 11.4. The fourth-order valence-electron chi connectivity index (χ4n) is 4.26. The van der Waals surface area contributed by atoms with Gasteiger partial charge in [0.25, 0.3) is 5.56 Å². The number of nitrogens with two attached hydrogens (primary N) is 1. The number of rotatable bonds is 10. The second-order valence-corrected chi connectivity index (χ2v) is 8.50. The van der Waals surface area contributed by atoms with E-state index in [0.29, 0.717) is 62.3 Å². The first kappa shape index (κ1) is 23.5. The number of likely N-dealkylation sites (N-methyl/N-ethyl adjacent to an activating group) is 1. The Hall–Kier alpha value is -3.65. The van der Waals surface area contributed by atoms with Gasteiger partial charge in [0, 0.05) is 38.3 Å². The van der Waals surface area contributed by atoms with Crippen molar-refractivity contribution in [1.82, 2.24) is 24.0 Å². The molecule has 2 aromatic carbocycles. The highest BCUT2D eigenvalue weighted by molar-refractivity contribution is 5.71. The van der Waals surface area contributed by atoms with Crippen LogP contribution in [-0.4, -0.2) is 32.3 Å². The average Bonchev–Trinajstić information content (AvgIpc) is 3.19. The molecular weight excluding hydrogens is 428 g/mol. The van der Waals surface area contributed by atoms with Crippen molar-refractivity contribution in [1.29, 1.82) is 0 Å². The molecule has 4 aromatic rings. The van der Waals surface area contributed by atoms with E-state index in [1.165, 1.54) is 4.57 Å². The van der Waals surface area contributed by atoms with Crippen LogP contribution in [0.1, 0.15) is 30.3 Å². The van der Waals surface area contributed by atoms with Gasteiger partial charge in [-0.3, -0.25) is 13.9 Å². The van der Waals surface area contributed by atoms with Gasteiger partial charge in [0.1, 0.15) is 5.82 Å². The molecule has 34 heavy (non-hydrogen) atoms. The van der Waals surface area contributed by atoms with Crippen molar-refractivity contribution in [3.05, 3.63) is 92.4 Å². The Kier molecular flexibility index (Phi) is 7.27. The minimum absolute atomic E-state index is 0.270. The lowest BCUT2D eigenvalue weighted by atomic mass is 10.1. The molecule has 178 valence electrons. The molecule has 0 spiro atoms. The van der Waals surface area contributed by atoms with E-state index < -0.39 is 0 Å². The summed E-state index contributed by atoms with van der Waals surface area (Å²) in [5.41, 5.74) is 9.07. The van der Waals surface area contributed by atoms with Crippen LogP contribution in [0.3, 0.4) is 0 Å². The molecule has 0 unspecified atom stereocenters. The van der Waals surface area contributed by atoms with Gasteiger partial charge < -0.3 is 15.6 Å². The Morgan fingerprint density at radius 2 is 1.62 bits per heavy atom. The lowest BCUT2D eigenvalue weighted by Gasteiger charge is -2.13. The predicted octanol–water partition coefficient (Wildman–Crippen LogP) is 2.40. The van der Waals surface area contributed by atoms with E-state index in [1.54, 1.807) is 4.57 Å². The van der Waals surface area contributed by atoms with Crippen molar-refractivity contribution in [2.75, 3.05) is 19.3 Å². The number of hydrogen-bond donors (Lipinski definition) is 2. The van der Waals surface area contributed by atoms with Gasteiger partial charge >= 0.3 is 5.69 Å². The summed E-state index contributed by atoms with van der Waals surface area (Å²) in [6.07, 6.45) is 1.91. The van der Waals surface area contributed by atoms with E-state index >= 15 is 0 Å². The lowest BCUT2D eigenvalue weighted by molar-refractivity contribution is 0.556. The number of anilines is 1. The number of nitrogens with zero attached hydrogens (tertiary/aromatic N) is 4. The first-order chi connectivity index (χ1) is 16.5. The molecule has 0 aliphatic heterocycles. The minimum Gasteiger partial charge on any atom is -0.399 e. The van der Waals surface area contributed by atoms with E-state index in [9.17, 15) is 9.59 Å². The largest absolute Gasteiger partial charge is 0.399 e. The number of benzene rings is 2. The quantitative estimate of drug-likeness (QED) is 0.354. The van der Waals surface area contributed by atoms with E-state index in [0.717, 1.165) is 17.0 Å². The first-order valence-electron chi connectivity index (χ1n) is 11.8. The Labute approximate surface area is 198 Å². The van der Waals surface area contributed by atoms with Crippen LogP contribution < -0.4 is 22.3 Å². The van der Waals surface area contributed by atoms with Gasteiger partial charge in [-0.15, -0.1) is 0 Å². The van der Waals surface area contributed by atoms with Gasteiger partial charge in [-0.2, -0.15) is 0 Å². The van der Waals surface area contributed by atoms with Crippen LogP contribution >= 0.6 is 0 Å². The minimum atomic E-state index is -0.306. The van der Waals surface area contributed by atoms with Crippen molar-refractivity contribution < 1.29 is 0 Å². The molecule has 2 aromatic heterocycles. The van der Waals surface area contributed by atoms with Gasteiger partial charge in [-0.05, 0) is 43.1 Å². The molecular formula is C26H32N6O2. The van der Waals surface area contributed by atoms with E-state index in [2.05, 4.69) is 5.32 Å². The fourth-order valence-corrected chi connectivity index (χ4v) is 4.26. The third kappa shape index (κ3) is 4.82. The van der Waals surface area contributed by atoms with Crippen molar-refractivity contribution in [3.8, 4) is 0 Å². The van der Waals surface area contributed by atoms with E-state index in [4.69, 9.17) is 10.7 Å². The smallest absolute Gasteiger partial charge is 0.332 e. The van der Waals surface area contributed by atoms with Crippen LogP contribution in [0.2, 0.25) is 0 Å². The van der Waals surface area contributed by atoms with Crippen LogP contribution in [0.25, 0.3) is 11.2 Å². The Bertz CT molecular complexity index is 1370. The highest BCUT2D eigenvalue weighted by atomic mass is 16.2. The number of aryl methyl sites for hydroxylation is 2. The summed E-state index contributed by atoms with van der Waals surface area (Å²) >= 11 is 0. The standard InChI is InChI=1S/C26H32N6O2/c1-3-15-32-25(33)23-24(31(26(32)34)16-13-19-9-11-21(27)12-10-19)29-22(30(23)17-14-28-2)18-20-7-5-4-6-8-20/h4-12,28H,3,13-18,27H2,1-2H3. The van der Waals surface area contributed by atoms with E-state index in [1.807, 2.05) is 73.1 Å². The van der Waals surface area contributed by atoms with Crippen LogP contribution in [-0.2, 0) is 32.5 Å². The summed E-state index contributed by atoms with van der Waals surface area (Å²) in [4.78, 5) is 31.8. The molecule has 0 saturated carbocycles. The molecule has 0 aliphatic carbocycles. The van der Waals surface area contributed by atoms with Crippen LogP contribution in [0.4, 0.5) is 5.69 Å². The number of nitrogen functional groups attached to an aromatic ring is 1. The summed E-state index contributed by atoms with van der Waals surface area (Å²) in [7, 11) is 1.88. The number of aromatic nitrogens is 4. The third-order valence-electron chi connectivity index (χ3n) is 6.03. The molecule has 0 aliphatic rings. The predicted molar refractivity (Wildman–Crippen MR) is 136 cm³/mol. The molecule has 0 bridgehead atoms. The Balaban J connectivity index is 1.87. The number of imidazole rings is 1. The maximum absolute atomic E-state index is 13.5. The molecule has 4 rings (SSSR count). The topological polar surface area (TPSA) is 99.9 Å². The van der Waals surface area contributed by atoms with Gasteiger partial charge in [-0.25, -0.2) is 9.78 Å². The maximum Gasteiger partial charge on any atom is 0.332 e. The summed E-state index contributed by atoms with van der Waals surface area (Å²) in [6, 6.07) is 17.7. The number of nitrogens with one attached hydrogen (secondary N) is 1. The molecule has 0 atom stereocenters. The summed E-state index contributed by atoms with van der Waals surface area (Å²) < 4.78 is 4.99. The molecule has 0 saturated heterocycles. The maximum atomic E-state index is 13.5. The molecule has 2 heterocycles. The van der Waals surface area contributed by atoms with Crippen molar-refractivity contribution >= 4 is 16.9 Å². The number of fused-ring (bicyclic) bond motifs is 1. The van der Waals surface area contributed by atoms with Gasteiger partial charge in [0.2, 0.25) is 0 Å². The molecule has 0 fully saturated rings. The van der Waals surface area contributed by atoms with Crippen molar-refractivity contribution in [2.45, 2.75) is 45.8 Å². The van der Waals surface area contributed by atoms with Crippen molar-refractivity contribution in [2.24, 2.45) is 0 Å². The Morgan fingerprint density at radius 1 is 0.882 bits per heavy atom.